The third kappa shape index (κ3) is 2.01. The third-order valence-electron chi connectivity index (χ3n) is 4.55. The number of hydrogen-bond acceptors (Lipinski definition) is 2. The van der Waals surface area contributed by atoms with E-state index in [1.165, 1.54) is 24.1 Å². The number of likely N-dealkylation sites (tertiary alicyclic amines) is 1. The SMILES string of the molecule is c1ccc(CN2CC[C@@H]3COc4ccccc4[C@@H]32)cc1. The maximum absolute atomic E-state index is 5.91. The van der Waals surface area contributed by atoms with Crippen LogP contribution in [0.15, 0.2) is 54.6 Å². The third-order valence-corrected chi connectivity index (χ3v) is 4.55. The first-order chi connectivity index (χ1) is 9.92. The van der Waals surface area contributed by atoms with Crippen molar-refractivity contribution in [3.63, 3.8) is 0 Å². The van der Waals surface area contributed by atoms with Gasteiger partial charge in [0.1, 0.15) is 5.75 Å². The summed E-state index contributed by atoms with van der Waals surface area (Å²) in [5.41, 5.74) is 2.77. The van der Waals surface area contributed by atoms with Crippen LogP contribution in [0.4, 0.5) is 0 Å². The Hall–Kier alpha value is -1.80. The van der Waals surface area contributed by atoms with Crippen molar-refractivity contribution >= 4 is 0 Å². The van der Waals surface area contributed by atoms with E-state index < -0.39 is 0 Å². The molecular weight excluding hydrogens is 246 g/mol. The van der Waals surface area contributed by atoms with Crippen molar-refractivity contribution in [1.29, 1.82) is 0 Å². The number of nitrogens with zero attached hydrogens (tertiary/aromatic N) is 1. The van der Waals surface area contributed by atoms with Crippen molar-refractivity contribution in [2.24, 2.45) is 5.92 Å². The van der Waals surface area contributed by atoms with Gasteiger partial charge in [-0.1, -0.05) is 48.5 Å². The first-order valence-electron chi connectivity index (χ1n) is 7.41. The molecule has 0 aliphatic carbocycles. The van der Waals surface area contributed by atoms with Gasteiger partial charge in [-0.15, -0.1) is 0 Å². The number of rotatable bonds is 2. The molecule has 2 nitrogen and oxygen atoms in total. The Labute approximate surface area is 120 Å². The smallest absolute Gasteiger partial charge is 0.124 e. The van der Waals surface area contributed by atoms with E-state index in [2.05, 4.69) is 59.5 Å². The molecule has 0 radical (unpaired) electrons. The minimum absolute atomic E-state index is 0.528. The van der Waals surface area contributed by atoms with Crippen LogP contribution in [0.1, 0.15) is 23.6 Å². The van der Waals surface area contributed by atoms with Crippen LogP contribution in [-0.4, -0.2) is 18.1 Å². The maximum atomic E-state index is 5.91. The zero-order valence-corrected chi connectivity index (χ0v) is 11.5. The van der Waals surface area contributed by atoms with Crippen LogP contribution in [0, 0.1) is 5.92 Å². The molecule has 2 aromatic rings. The average Bonchev–Trinajstić information content (AvgIpc) is 2.92. The number of fused-ring (bicyclic) bond motifs is 3. The summed E-state index contributed by atoms with van der Waals surface area (Å²) in [7, 11) is 0. The van der Waals surface area contributed by atoms with Crippen molar-refractivity contribution in [2.75, 3.05) is 13.2 Å². The highest BCUT2D eigenvalue weighted by molar-refractivity contribution is 5.39. The second-order valence-corrected chi connectivity index (χ2v) is 5.80. The lowest BCUT2D eigenvalue weighted by molar-refractivity contribution is 0.144. The Kier molecular flexibility index (Phi) is 2.96. The molecule has 4 rings (SSSR count). The van der Waals surface area contributed by atoms with E-state index in [1.807, 2.05) is 0 Å². The molecule has 0 saturated carbocycles. The molecule has 0 unspecified atom stereocenters. The Morgan fingerprint density at radius 2 is 1.80 bits per heavy atom. The summed E-state index contributed by atoms with van der Waals surface area (Å²) < 4.78 is 5.91. The highest BCUT2D eigenvalue weighted by atomic mass is 16.5. The van der Waals surface area contributed by atoms with Gasteiger partial charge in [0.25, 0.3) is 0 Å². The van der Waals surface area contributed by atoms with Gasteiger partial charge in [0.15, 0.2) is 0 Å². The summed E-state index contributed by atoms with van der Waals surface area (Å²) in [5.74, 6) is 1.72. The Bertz CT molecular complexity index is 595. The van der Waals surface area contributed by atoms with Crippen LogP contribution < -0.4 is 4.74 Å². The summed E-state index contributed by atoms with van der Waals surface area (Å²) in [5, 5.41) is 0. The average molecular weight is 265 g/mol. The predicted molar refractivity (Wildman–Crippen MR) is 79.6 cm³/mol. The van der Waals surface area contributed by atoms with Gasteiger partial charge in [-0.2, -0.15) is 0 Å². The second-order valence-electron chi connectivity index (χ2n) is 5.80. The topological polar surface area (TPSA) is 12.5 Å². The lowest BCUT2D eigenvalue weighted by Gasteiger charge is -2.33. The fourth-order valence-corrected chi connectivity index (χ4v) is 3.60. The molecule has 0 N–H and O–H groups in total. The van der Waals surface area contributed by atoms with Crippen LogP contribution in [-0.2, 0) is 6.54 Å². The van der Waals surface area contributed by atoms with E-state index in [-0.39, 0.29) is 0 Å². The molecule has 2 aliphatic rings. The minimum atomic E-state index is 0.528. The molecular formula is C18H19NO. The van der Waals surface area contributed by atoms with E-state index in [0.29, 0.717) is 12.0 Å². The molecule has 2 aromatic carbocycles. The summed E-state index contributed by atoms with van der Waals surface area (Å²) in [4.78, 5) is 2.61. The van der Waals surface area contributed by atoms with Crippen molar-refractivity contribution in [3.05, 3.63) is 65.7 Å². The van der Waals surface area contributed by atoms with Gasteiger partial charge in [0, 0.05) is 24.1 Å². The van der Waals surface area contributed by atoms with Crippen LogP contribution in [0.5, 0.6) is 5.75 Å². The fourth-order valence-electron chi connectivity index (χ4n) is 3.60. The summed E-state index contributed by atoms with van der Waals surface area (Å²) in [6, 6.07) is 19.8. The molecule has 2 aliphatic heterocycles. The van der Waals surface area contributed by atoms with Gasteiger partial charge >= 0.3 is 0 Å². The highest BCUT2D eigenvalue weighted by Gasteiger charge is 2.39. The van der Waals surface area contributed by atoms with Crippen LogP contribution in [0.3, 0.4) is 0 Å². The molecule has 2 atom stereocenters. The summed E-state index contributed by atoms with van der Waals surface area (Å²) in [6.45, 7) is 3.07. The zero-order chi connectivity index (χ0) is 13.4. The van der Waals surface area contributed by atoms with Crippen molar-refractivity contribution in [2.45, 2.75) is 19.0 Å². The zero-order valence-electron chi connectivity index (χ0n) is 11.5. The van der Waals surface area contributed by atoms with Gasteiger partial charge in [-0.05, 0) is 24.6 Å². The number of benzene rings is 2. The number of para-hydroxylation sites is 1. The summed E-state index contributed by atoms with van der Waals surface area (Å²) in [6.07, 6.45) is 1.24. The lowest BCUT2D eigenvalue weighted by Crippen LogP contribution is -2.30. The van der Waals surface area contributed by atoms with Gasteiger partial charge in [-0.3, -0.25) is 4.90 Å². The molecule has 0 spiro atoms. The highest BCUT2D eigenvalue weighted by Crippen LogP contribution is 2.45. The quantitative estimate of drug-likeness (QED) is 0.822. The van der Waals surface area contributed by atoms with Crippen LogP contribution in [0.2, 0.25) is 0 Å². The van der Waals surface area contributed by atoms with Crippen LogP contribution in [0.25, 0.3) is 0 Å². The van der Waals surface area contributed by atoms with E-state index in [1.54, 1.807) is 0 Å². The van der Waals surface area contributed by atoms with Gasteiger partial charge in [0.2, 0.25) is 0 Å². The van der Waals surface area contributed by atoms with E-state index in [9.17, 15) is 0 Å². The molecule has 102 valence electrons. The Morgan fingerprint density at radius 3 is 2.70 bits per heavy atom. The standard InChI is InChI=1S/C18H19NO/c1-2-6-14(7-3-1)12-19-11-10-15-13-20-17-9-5-4-8-16(17)18(15)19/h1-9,15,18H,10-13H2/t15-,18-/m1/s1. The summed E-state index contributed by atoms with van der Waals surface area (Å²) >= 11 is 0. The van der Waals surface area contributed by atoms with Crippen LogP contribution >= 0.6 is 0 Å². The minimum Gasteiger partial charge on any atom is -0.493 e. The van der Waals surface area contributed by atoms with E-state index >= 15 is 0 Å². The molecule has 1 saturated heterocycles. The van der Waals surface area contributed by atoms with Gasteiger partial charge in [0.05, 0.1) is 6.61 Å². The molecule has 20 heavy (non-hydrogen) atoms. The van der Waals surface area contributed by atoms with Gasteiger partial charge in [-0.25, -0.2) is 0 Å². The molecule has 0 aromatic heterocycles. The number of ether oxygens (including phenoxy) is 1. The fraction of sp³-hybridized carbons (Fsp3) is 0.333. The molecule has 0 bridgehead atoms. The van der Waals surface area contributed by atoms with E-state index in [0.717, 1.165) is 18.9 Å². The van der Waals surface area contributed by atoms with Crippen molar-refractivity contribution in [3.8, 4) is 5.75 Å². The van der Waals surface area contributed by atoms with Crippen molar-refractivity contribution in [1.82, 2.24) is 4.90 Å². The Balaban J connectivity index is 1.64. The molecule has 2 heterocycles. The monoisotopic (exact) mass is 265 g/mol. The first kappa shape index (κ1) is 12.0. The first-order valence-corrected chi connectivity index (χ1v) is 7.41. The predicted octanol–water partition coefficient (Wildman–Crippen LogP) is 3.64. The lowest BCUT2D eigenvalue weighted by atomic mass is 9.91. The normalized spacial score (nSPS) is 24.8. The van der Waals surface area contributed by atoms with E-state index in [4.69, 9.17) is 4.74 Å². The van der Waals surface area contributed by atoms with Gasteiger partial charge < -0.3 is 4.74 Å². The largest absolute Gasteiger partial charge is 0.493 e. The molecule has 0 amide bonds. The Morgan fingerprint density at radius 1 is 1.00 bits per heavy atom. The molecule has 1 fully saturated rings. The number of hydrogen-bond donors (Lipinski definition) is 0. The molecule has 2 heteroatoms. The second kappa shape index (κ2) is 4.95. The van der Waals surface area contributed by atoms with Crippen molar-refractivity contribution < 1.29 is 4.74 Å². The maximum Gasteiger partial charge on any atom is 0.124 e.